The molecule has 0 bridgehead atoms. The summed E-state index contributed by atoms with van der Waals surface area (Å²) in [4.78, 5) is 38.4. The van der Waals surface area contributed by atoms with Crippen molar-refractivity contribution in [1.82, 2.24) is 14.9 Å². The second-order valence-corrected chi connectivity index (χ2v) is 9.15. The molecule has 0 radical (unpaired) electrons. The highest BCUT2D eigenvalue weighted by molar-refractivity contribution is 6.08. The summed E-state index contributed by atoms with van der Waals surface area (Å²) in [6.45, 7) is 0.602. The van der Waals surface area contributed by atoms with Crippen molar-refractivity contribution < 1.29 is 19.8 Å². The third-order valence-electron chi connectivity index (χ3n) is 6.44. The van der Waals surface area contributed by atoms with E-state index >= 15 is 0 Å². The van der Waals surface area contributed by atoms with Crippen molar-refractivity contribution in [2.24, 2.45) is 0 Å². The predicted octanol–water partition coefficient (Wildman–Crippen LogP) is 5.16. The lowest BCUT2D eigenvalue weighted by atomic mass is 10.1. The molecule has 2 heterocycles. The Bertz CT molecular complexity index is 1630. The van der Waals surface area contributed by atoms with Crippen molar-refractivity contribution >= 4 is 28.4 Å². The standard InChI is InChI=1S/C31H26N4O4/c1-34(20-23-6-2-8-28-26(23)7-4-16-33-28)30(38)22-9-11-24(12-10-22)35(19-21-5-3-15-32-18-21)31(39)27-14-13-25(36)17-29(27)37/h2-18,36-37H,19-20H2,1H3. The predicted molar refractivity (Wildman–Crippen MR) is 149 cm³/mol. The van der Waals surface area contributed by atoms with E-state index < -0.39 is 5.91 Å². The van der Waals surface area contributed by atoms with Gasteiger partial charge in [0.1, 0.15) is 11.5 Å². The van der Waals surface area contributed by atoms with Crippen molar-refractivity contribution in [3.8, 4) is 11.5 Å². The van der Waals surface area contributed by atoms with Crippen LogP contribution in [0.1, 0.15) is 31.8 Å². The van der Waals surface area contributed by atoms with E-state index in [1.807, 2.05) is 36.4 Å². The molecule has 0 unspecified atom stereocenters. The number of amides is 2. The average molecular weight is 519 g/mol. The highest BCUT2D eigenvalue weighted by atomic mass is 16.3. The molecule has 8 nitrogen and oxygen atoms in total. The van der Waals surface area contributed by atoms with Crippen LogP contribution in [0.3, 0.4) is 0 Å². The second kappa shape index (κ2) is 11.0. The first kappa shape index (κ1) is 25.4. The minimum absolute atomic E-state index is 0.0427. The van der Waals surface area contributed by atoms with Gasteiger partial charge in [0.05, 0.1) is 17.6 Å². The number of pyridine rings is 2. The van der Waals surface area contributed by atoms with Gasteiger partial charge in [-0.05, 0) is 65.7 Å². The Labute approximate surface area is 225 Å². The van der Waals surface area contributed by atoms with E-state index in [1.54, 1.807) is 60.9 Å². The van der Waals surface area contributed by atoms with Crippen molar-refractivity contribution in [1.29, 1.82) is 0 Å². The van der Waals surface area contributed by atoms with E-state index in [4.69, 9.17) is 0 Å². The van der Waals surface area contributed by atoms with Crippen LogP contribution in [0.5, 0.6) is 11.5 Å². The number of aromatic hydroxyl groups is 2. The van der Waals surface area contributed by atoms with Crippen molar-refractivity contribution in [2.45, 2.75) is 13.1 Å². The number of fused-ring (bicyclic) bond motifs is 1. The highest BCUT2D eigenvalue weighted by Gasteiger charge is 2.22. The second-order valence-electron chi connectivity index (χ2n) is 9.15. The van der Waals surface area contributed by atoms with Gasteiger partial charge in [-0.15, -0.1) is 0 Å². The van der Waals surface area contributed by atoms with Crippen molar-refractivity contribution in [2.75, 3.05) is 11.9 Å². The fourth-order valence-corrected chi connectivity index (χ4v) is 4.44. The Hall–Kier alpha value is -5.24. The number of anilines is 1. The lowest BCUT2D eigenvalue weighted by molar-refractivity contribution is 0.0785. The van der Waals surface area contributed by atoms with Gasteiger partial charge in [-0.2, -0.15) is 0 Å². The lowest BCUT2D eigenvalue weighted by Crippen LogP contribution is -2.31. The summed E-state index contributed by atoms with van der Waals surface area (Å²) < 4.78 is 0. The normalized spacial score (nSPS) is 10.8. The summed E-state index contributed by atoms with van der Waals surface area (Å²) in [7, 11) is 1.75. The summed E-state index contributed by atoms with van der Waals surface area (Å²) in [5.74, 6) is -1.09. The third-order valence-corrected chi connectivity index (χ3v) is 6.44. The molecule has 0 spiro atoms. The molecule has 5 aromatic rings. The van der Waals surface area contributed by atoms with Crippen LogP contribution < -0.4 is 4.90 Å². The van der Waals surface area contributed by atoms with Crippen LogP contribution in [-0.2, 0) is 13.1 Å². The maximum atomic E-state index is 13.5. The van der Waals surface area contributed by atoms with Gasteiger partial charge in [-0.25, -0.2) is 0 Å². The molecule has 39 heavy (non-hydrogen) atoms. The Morgan fingerprint density at radius 3 is 2.36 bits per heavy atom. The number of rotatable bonds is 7. The quantitative estimate of drug-likeness (QED) is 0.308. The van der Waals surface area contributed by atoms with Gasteiger partial charge < -0.3 is 20.0 Å². The molecule has 0 atom stereocenters. The van der Waals surface area contributed by atoms with E-state index in [0.717, 1.165) is 28.1 Å². The van der Waals surface area contributed by atoms with Crippen LogP contribution in [0, 0.1) is 0 Å². The molecule has 2 N–H and O–H groups in total. The number of phenols is 2. The third kappa shape index (κ3) is 5.55. The molecule has 8 heteroatoms. The largest absolute Gasteiger partial charge is 0.508 e. The molecule has 0 aliphatic carbocycles. The summed E-state index contributed by atoms with van der Waals surface area (Å²) in [6.07, 6.45) is 5.05. The minimum Gasteiger partial charge on any atom is -0.508 e. The van der Waals surface area contributed by atoms with E-state index in [1.165, 1.54) is 17.0 Å². The number of hydrogen-bond donors (Lipinski definition) is 2. The fourth-order valence-electron chi connectivity index (χ4n) is 4.44. The van der Waals surface area contributed by atoms with Gasteiger partial charge in [0.25, 0.3) is 11.8 Å². The topological polar surface area (TPSA) is 107 Å². The molecular weight excluding hydrogens is 492 g/mol. The van der Waals surface area contributed by atoms with Gasteiger partial charge in [0.15, 0.2) is 0 Å². The van der Waals surface area contributed by atoms with Crippen LogP contribution >= 0.6 is 0 Å². The maximum absolute atomic E-state index is 13.5. The summed E-state index contributed by atoms with van der Waals surface area (Å²) in [5.41, 5.74) is 3.71. The van der Waals surface area contributed by atoms with Gasteiger partial charge >= 0.3 is 0 Å². The van der Waals surface area contributed by atoms with Crippen LogP contribution in [-0.4, -0.2) is 43.9 Å². The molecule has 194 valence electrons. The van der Waals surface area contributed by atoms with E-state index in [-0.39, 0.29) is 29.5 Å². The SMILES string of the molecule is CN(Cc1cccc2ncccc12)C(=O)c1ccc(N(Cc2cccnc2)C(=O)c2ccc(O)cc2O)cc1. The zero-order valence-electron chi connectivity index (χ0n) is 21.2. The van der Waals surface area contributed by atoms with Crippen molar-refractivity contribution in [3.63, 3.8) is 0 Å². The first-order valence-corrected chi connectivity index (χ1v) is 12.3. The number of aromatic nitrogens is 2. The smallest absolute Gasteiger partial charge is 0.262 e. The molecule has 0 saturated carbocycles. The molecule has 0 saturated heterocycles. The highest BCUT2D eigenvalue weighted by Crippen LogP contribution is 2.28. The minimum atomic E-state index is -0.461. The van der Waals surface area contributed by atoms with Gasteiger partial charge in [-0.3, -0.25) is 19.6 Å². The summed E-state index contributed by atoms with van der Waals surface area (Å²) >= 11 is 0. The van der Waals surface area contributed by atoms with Crippen LogP contribution in [0.15, 0.2) is 104 Å². The molecule has 2 aromatic heterocycles. The Kier molecular flexibility index (Phi) is 7.18. The maximum Gasteiger partial charge on any atom is 0.262 e. The number of benzene rings is 3. The van der Waals surface area contributed by atoms with Crippen LogP contribution in [0.4, 0.5) is 5.69 Å². The Morgan fingerprint density at radius 1 is 0.821 bits per heavy atom. The van der Waals surface area contributed by atoms with Gasteiger partial charge in [0, 0.05) is 54.9 Å². The zero-order chi connectivity index (χ0) is 27.4. The van der Waals surface area contributed by atoms with Crippen LogP contribution in [0.2, 0.25) is 0 Å². The average Bonchev–Trinajstić information content (AvgIpc) is 2.96. The first-order chi connectivity index (χ1) is 18.9. The Morgan fingerprint density at radius 2 is 1.62 bits per heavy atom. The number of carbonyl (C=O) groups excluding carboxylic acids is 2. The van der Waals surface area contributed by atoms with E-state index in [9.17, 15) is 19.8 Å². The lowest BCUT2D eigenvalue weighted by Gasteiger charge is -2.24. The number of nitrogens with zero attached hydrogens (tertiary/aromatic N) is 4. The molecular formula is C31H26N4O4. The molecule has 0 aliphatic rings. The molecule has 0 fully saturated rings. The molecule has 5 rings (SSSR count). The van der Waals surface area contributed by atoms with Crippen LogP contribution in [0.25, 0.3) is 10.9 Å². The number of carbonyl (C=O) groups is 2. The van der Waals surface area contributed by atoms with E-state index in [0.29, 0.717) is 17.8 Å². The summed E-state index contributed by atoms with van der Waals surface area (Å²) in [6, 6.07) is 24.0. The molecule has 2 amide bonds. The molecule has 0 aliphatic heterocycles. The van der Waals surface area contributed by atoms with E-state index in [2.05, 4.69) is 9.97 Å². The summed E-state index contributed by atoms with van der Waals surface area (Å²) in [5, 5.41) is 21.0. The molecule has 3 aromatic carbocycles. The zero-order valence-corrected chi connectivity index (χ0v) is 21.2. The van der Waals surface area contributed by atoms with Crippen molar-refractivity contribution in [3.05, 3.63) is 126 Å². The number of hydrogen-bond acceptors (Lipinski definition) is 6. The van der Waals surface area contributed by atoms with Gasteiger partial charge in [-0.1, -0.05) is 24.3 Å². The monoisotopic (exact) mass is 518 g/mol. The van der Waals surface area contributed by atoms with Gasteiger partial charge in [0.2, 0.25) is 0 Å². The number of phenolic OH excluding ortho intramolecular Hbond substituents is 2. The first-order valence-electron chi connectivity index (χ1n) is 12.3. The fraction of sp³-hybridized carbons (Fsp3) is 0.0968. The Balaban J connectivity index is 1.40.